The summed E-state index contributed by atoms with van der Waals surface area (Å²) < 4.78 is 1.92. The van der Waals surface area contributed by atoms with E-state index in [1.54, 1.807) is 25.3 Å². The number of aryl methyl sites for hydroxylation is 1. The number of carbonyl (C=O) groups is 1. The van der Waals surface area contributed by atoms with Gasteiger partial charge in [-0.1, -0.05) is 30.3 Å². The summed E-state index contributed by atoms with van der Waals surface area (Å²) in [7, 11) is 3.47. The second kappa shape index (κ2) is 11.0. The van der Waals surface area contributed by atoms with Crippen LogP contribution in [0.1, 0.15) is 17.8 Å². The molecule has 1 aromatic carbocycles. The average Bonchev–Trinajstić information content (AvgIpc) is 3.14. The number of fused-ring (bicyclic) bond motifs is 1. The number of benzene rings is 1. The first-order valence-electron chi connectivity index (χ1n) is 9.27. The smallest absolute Gasteiger partial charge is 0.243 e. The predicted molar refractivity (Wildman–Crippen MR) is 120 cm³/mol. The molecule has 0 fully saturated rings. The van der Waals surface area contributed by atoms with Gasteiger partial charge in [-0.2, -0.15) is 5.10 Å². The van der Waals surface area contributed by atoms with Crippen molar-refractivity contribution in [2.75, 3.05) is 27.2 Å². The molecule has 3 rings (SSSR count). The van der Waals surface area contributed by atoms with Gasteiger partial charge in [0.2, 0.25) is 5.91 Å². The van der Waals surface area contributed by atoms with Crippen LogP contribution < -0.4 is 10.6 Å². The maximum atomic E-state index is 11.9. The summed E-state index contributed by atoms with van der Waals surface area (Å²) in [4.78, 5) is 22.2. The number of aliphatic imine (C=N–C) groups is 1. The van der Waals surface area contributed by atoms with Crippen LogP contribution in [0.4, 0.5) is 0 Å². The number of amides is 1. The molecule has 2 N–H and O–H groups in total. The van der Waals surface area contributed by atoms with Crippen molar-refractivity contribution in [3.05, 3.63) is 48.0 Å². The third-order valence-electron chi connectivity index (χ3n) is 4.57. The number of hydrogen-bond acceptors (Lipinski definition) is 4. The predicted octanol–water partition coefficient (Wildman–Crippen LogP) is 1.08. The molecule has 152 valence electrons. The van der Waals surface area contributed by atoms with E-state index in [4.69, 9.17) is 0 Å². The van der Waals surface area contributed by atoms with Crippen LogP contribution in [0.15, 0.2) is 41.7 Å². The van der Waals surface area contributed by atoms with Crippen LogP contribution in [-0.4, -0.2) is 64.8 Å². The highest BCUT2D eigenvalue weighted by molar-refractivity contribution is 14.0. The fourth-order valence-electron chi connectivity index (χ4n) is 2.96. The second-order valence-corrected chi connectivity index (χ2v) is 6.85. The fourth-order valence-corrected chi connectivity index (χ4v) is 2.96. The number of rotatable bonds is 6. The van der Waals surface area contributed by atoms with Crippen molar-refractivity contribution in [1.29, 1.82) is 0 Å². The van der Waals surface area contributed by atoms with Gasteiger partial charge in [0.15, 0.2) is 5.96 Å². The number of nitrogens with one attached hydrogen (secondary N) is 2. The maximum absolute atomic E-state index is 11.9. The van der Waals surface area contributed by atoms with Gasteiger partial charge in [0.05, 0.1) is 6.54 Å². The number of nitrogens with zero attached hydrogens (tertiary/aromatic N) is 5. The normalized spacial score (nSPS) is 15.9. The van der Waals surface area contributed by atoms with Crippen molar-refractivity contribution >= 4 is 35.8 Å². The first kappa shape index (κ1) is 22.1. The Morgan fingerprint density at radius 2 is 2.11 bits per heavy atom. The minimum absolute atomic E-state index is 0. The molecule has 8 nitrogen and oxygen atoms in total. The number of guanidine groups is 1. The first-order valence-corrected chi connectivity index (χ1v) is 9.27. The molecule has 0 bridgehead atoms. The number of likely N-dealkylation sites (N-methyl/N-ethyl adjacent to an activating group) is 1. The van der Waals surface area contributed by atoms with Crippen LogP contribution in [0, 0.1) is 0 Å². The lowest BCUT2D eigenvalue weighted by atomic mass is 10.1. The highest BCUT2D eigenvalue weighted by Gasteiger charge is 2.20. The Hall–Kier alpha value is -2.17. The molecule has 28 heavy (non-hydrogen) atoms. The lowest BCUT2D eigenvalue weighted by molar-refractivity contribution is -0.127. The third-order valence-corrected chi connectivity index (χ3v) is 4.57. The molecule has 0 saturated carbocycles. The Bertz CT molecular complexity index is 776. The molecule has 0 spiro atoms. The van der Waals surface area contributed by atoms with Crippen LogP contribution in [0.5, 0.6) is 0 Å². The highest BCUT2D eigenvalue weighted by atomic mass is 127. The van der Waals surface area contributed by atoms with Gasteiger partial charge in [0.1, 0.15) is 18.7 Å². The van der Waals surface area contributed by atoms with E-state index in [0.717, 1.165) is 38.2 Å². The standard InChI is InChI=1S/C19H27N7O.HI/c1-25(2)18(27)12-21-19(20-11-10-15-6-4-3-5-7-15)24-16-8-9-17-22-14-23-26(17)13-16;/h3-7,14,16H,8-13H2,1-2H3,(H2,20,21,24);1H. The zero-order valence-corrected chi connectivity index (χ0v) is 18.7. The monoisotopic (exact) mass is 497 g/mol. The summed E-state index contributed by atoms with van der Waals surface area (Å²) in [6, 6.07) is 10.5. The molecule has 1 unspecified atom stereocenters. The summed E-state index contributed by atoms with van der Waals surface area (Å²) in [5.74, 6) is 1.66. The SMILES string of the molecule is CN(C)C(=O)CN=C(NCCc1ccccc1)NC1CCc2ncnn2C1.I. The van der Waals surface area contributed by atoms with E-state index in [2.05, 4.69) is 37.8 Å². The van der Waals surface area contributed by atoms with Gasteiger partial charge in [-0.15, -0.1) is 24.0 Å². The molecular weight excluding hydrogens is 469 g/mol. The van der Waals surface area contributed by atoms with E-state index in [-0.39, 0.29) is 42.5 Å². The first-order chi connectivity index (χ1) is 13.1. The molecule has 1 aromatic heterocycles. The van der Waals surface area contributed by atoms with Gasteiger partial charge < -0.3 is 15.5 Å². The van der Waals surface area contributed by atoms with Gasteiger partial charge in [-0.25, -0.2) is 14.7 Å². The van der Waals surface area contributed by atoms with Gasteiger partial charge in [0, 0.05) is 33.1 Å². The lowest BCUT2D eigenvalue weighted by Crippen LogP contribution is -2.48. The van der Waals surface area contributed by atoms with E-state index in [9.17, 15) is 4.79 Å². The number of halogens is 1. The number of aromatic nitrogens is 3. The van der Waals surface area contributed by atoms with Gasteiger partial charge >= 0.3 is 0 Å². The highest BCUT2D eigenvalue weighted by Crippen LogP contribution is 2.11. The van der Waals surface area contributed by atoms with Crippen LogP contribution in [-0.2, 0) is 24.2 Å². The van der Waals surface area contributed by atoms with E-state index < -0.39 is 0 Å². The minimum Gasteiger partial charge on any atom is -0.356 e. The molecule has 1 aliphatic heterocycles. The quantitative estimate of drug-likeness (QED) is 0.355. The largest absolute Gasteiger partial charge is 0.356 e. The number of hydrogen-bond donors (Lipinski definition) is 2. The Balaban J connectivity index is 0.00000280. The van der Waals surface area contributed by atoms with Gasteiger partial charge in [-0.05, 0) is 18.4 Å². The van der Waals surface area contributed by atoms with Crippen LogP contribution >= 0.6 is 24.0 Å². The van der Waals surface area contributed by atoms with Crippen molar-refractivity contribution in [2.45, 2.75) is 31.8 Å². The molecule has 1 amide bonds. The molecule has 1 atom stereocenters. The second-order valence-electron chi connectivity index (χ2n) is 6.85. The molecule has 0 saturated heterocycles. The Kier molecular flexibility index (Phi) is 8.68. The number of carbonyl (C=O) groups excluding carboxylic acids is 1. The van der Waals surface area contributed by atoms with E-state index in [1.165, 1.54) is 5.56 Å². The van der Waals surface area contributed by atoms with Crippen LogP contribution in [0.25, 0.3) is 0 Å². The van der Waals surface area contributed by atoms with Crippen LogP contribution in [0.2, 0.25) is 0 Å². The molecule has 9 heteroatoms. The molecule has 0 radical (unpaired) electrons. The summed E-state index contributed by atoms with van der Waals surface area (Å²) in [6.45, 7) is 1.61. The third kappa shape index (κ3) is 6.47. The van der Waals surface area contributed by atoms with Crippen molar-refractivity contribution in [1.82, 2.24) is 30.3 Å². The fraction of sp³-hybridized carbons (Fsp3) is 0.474. The van der Waals surface area contributed by atoms with Gasteiger partial charge in [0.25, 0.3) is 0 Å². The van der Waals surface area contributed by atoms with E-state index in [1.807, 2.05) is 22.9 Å². The van der Waals surface area contributed by atoms with E-state index in [0.29, 0.717) is 5.96 Å². The average molecular weight is 497 g/mol. The van der Waals surface area contributed by atoms with Crippen LogP contribution in [0.3, 0.4) is 0 Å². The van der Waals surface area contributed by atoms with Crippen molar-refractivity contribution in [3.63, 3.8) is 0 Å². The summed E-state index contributed by atoms with van der Waals surface area (Å²) in [6.07, 6.45) is 4.33. The van der Waals surface area contributed by atoms with Crippen molar-refractivity contribution < 1.29 is 4.79 Å². The molecule has 1 aliphatic rings. The van der Waals surface area contributed by atoms with Gasteiger partial charge in [-0.3, -0.25) is 4.79 Å². The Morgan fingerprint density at radius 3 is 2.86 bits per heavy atom. The lowest BCUT2D eigenvalue weighted by Gasteiger charge is -2.25. The molecule has 0 aliphatic carbocycles. The summed E-state index contributed by atoms with van der Waals surface area (Å²) in [5.41, 5.74) is 1.26. The Labute approximate surface area is 182 Å². The molecular formula is C19H28IN7O. The summed E-state index contributed by atoms with van der Waals surface area (Å²) in [5, 5.41) is 11.1. The topological polar surface area (TPSA) is 87.4 Å². The molecule has 2 heterocycles. The molecule has 2 aromatic rings. The zero-order chi connectivity index (χ0) is 19.1. The maximum Gasteiger partial charge on any atom is 0.243 e. The Morgan fingerprint density at radius 1 is 1.32 bits per heavy atom. The van der Waals surface area contributed by atoms with E-state index >= 15 is 0 Å². The minimum atomic E-state index is -0.0265. The van der Waals surface area contributed by atoms with Crippen molar-refractivity contribution in [3.8, 4) is 0 Å². The van der Waals surface area contributed by atoms with Crippen molar-refractivity contribution in [2.24, 2.45) is 4.99 Å². The summed E-state index contributed by atoms with van der Waals surface area (Å²) >= 11 is 0. The zero-order valence-electron chi connectivity index (χ0n) is 16.3.